The lowest BCUT2D eigenvalue weighted by Crippen LogP contribution is -1.99. The molecule has 72 valence electrons. The molecular formula is C9H10N4S. The Hall–Kier alpha value is -1.49. The van der Waals surface area contributed by atoms with Gasteiger partial charge in [-0.25, -0.2) is 4.98 Å². The van der Waals surface area contributed by atoms with Crippen molar-refractivity contribution < 1.29 is 0 Å². The Kier molecular flexibility index (Phi) is 2.69. The van der Waals surface area contributed by atoms with Crippen LogP contribution >= 0.6 is 11.5 Å². The smallest absolute Gasteiger partial charge is 0.144 e. The summed E-state index contributed by atoms with van der Waals surface area (Å²) < 4.78 is 4.19. The minimum absolute atomic E-state index is 0.754. The Morgan fingerprint density at radius 3 is 3.00 bits per heavy atom. The van der Waals surface area contributed by atoms with E-state index >= 15 is 0 Å². The Balaban J connectivity index is 1.95. The molecule has 2 rings (SSSR count). The van der Waals surface area contributed by atoms with E-state index in [4.69, 9.17) is 0 Å². The molecule has 0 radical (unpaired) electrons. The summed E-state index contributed by atoms with van der Waals surface area (Å²) in [6, 6.07) is 2.06. The summed E-state index contributed by atoms with van der Waals surface area (Å²) in [4.78, 5) is 9.28. The highest BCUT2D eigenvalue weighted by Gasteiger charge is 1.98. The van der Waals surface area contributed by atoms with Crippen molar-refractivity contribution >= 4 is 17.4 Å². The molecule has 0 saturated carbocycles. The summed E-state index contributed by atoms with van der Waals surface area (Å²) in [6.07, 6.45) is 5.02. The van der Waals surface area contributed by atoms with Crippen molar-refractivity contribution in [3.8, 4) is 0 Å². The minimum atomic E-state index is 0.754. The molecule has 5 heteroatoms. The van der Waals surface area contributed by atoms with Gasteiger partial charge in [0.25, 0.3) is 0 Å². The van der Waals surface area contributed by atoms with Gasteiger partial charge >= 0.3 is 0 Å². The fraction of sp³-hybridized carbons (Fsp3) is 0.222. The van der Waals surface area contributed by atoms with Gasteiger partial charge in [0.15, 0.2) is 0 Å². The molecule has 0 bridgehead atoms. The Morgan fingerprint density at radius 2 is 2.36 bits per heavy atom. The fourth-order valence-electron chi connectivity index (χ4n) is 1.07. The maximum absolute atomic E-state index is 4.19. The van der Waals surface area contributed by atoms with Crippen LogP contribution < -0.4 is 5.32 Å². The van der Waals surface area contributed by atoms with Gasteiger partial charge in [-0.2, -0.15) is 4.37 Å². The van der Waals surface area contributed by atoms with E-state index in [1.54, 1.807) is 18.6 Å². The number of aromatic nitrogens is 3. The lowest BCUT2D eigenvalue weighted by molar-refractivity contribution is 1.11. The Morgan fingerprint density at radius 1 is 1.43 bits per heavy atom. The first-order valence-electron chi connectivity index (χ1n) is 4.26. The SMILES string of the molecule is Cc1cc(CNc2cnccn2)sn1. The van der Waals surface area contributed by atoms with Crippen LogP contribution in [0, 0.1) is 6.92 Å². The van der Waals surface area contributed by atoms with Crippen LogP contribution in [0.2, 0.25) is 0 Å². The third-order valence-corrected chi connectivity index (χ3v) is 2.56. The third kappa shape index (κ3) is 2.26. The maximum atomic E-state index is 4.19. The highest BCUT2D eigenvalue weighted by Crippen LogP contribution is 2.10. The van der Waals surface area contributed by atoms with Gasteiger partial charge in [-0.05, 0) is 24.5 Å². The van der Waals surface area contributed by atoms with Crippen LogP contribution in [-0.2, 0) is 6.54 Å². The highest BCUT2D eigenvalue weighted by atomic mass is 32.1. The lowest BCUT2D eigenvalue weighted by atomic mass is 10.4. The van der Waals surface area contributed by atoms with Crippen LogP contribution in [0.5, 0.6) is 0 Å². The molecule has 0 saturated heterocycles. The number of anilines is 1. The van der Waals surface area contributed by atoms with Crippen LogP contribution in [0.15, 0.2) is 24.7 Å². The van der Waals surface area contributed by atoms with Gasteiger partial charge in [0.2, 0.25) is 0 Å². The van der Waals surface area contributed by atoms with Gasteiger partial charge in [-0.1, -0.05) is 0 Å². The Bertz CT molecular complexity index is 398. The van der Waals surface area contributed by atoms with E-state index in [1.807, 2.05) is 6.92 Å². The van der Waals surface area contributed by atoms with E-state index in [0.29, 0.717) is 0 Å². The molecule has 2 heterocycles. The Labute approximate surface area is 86.2 Å². The van der Waals surface area contributed by atoms with Crippen molar-refractivity contribution in [1.82, 2.24) is 14.3 Å². The van der Waals surface area contributed by atoms with E-state index in [-0.39, 0.29) is 0 Å². The second-order valence-corrected chi connectivity index (χ2v) is 3.77. The first-order chi connectivity index (χ1) is 6.84. The predicted octanol–water partition coefficient (Wildman–Crippen LogP) is 1.85. The molecular weight excluding hydrogens is 196 g/mol. The molecule has 14 heavy (non-hydrogen) atoms. The number of hydrogen-bond acceptors (Lipinski definition) is 5. The van der Waals surface area contributed by atoms with E-state index in [1.165, 1.54) is 16.4 Å². The van der Waals surface area contributed by atoms with Crippen molar-refractivity contribution in [2.45, 2.75) is 13.5 Å². The molecule has 0 aliphatic heterocycles. The van der Waals surface area contributed by atoms with Crippen LogP contribution in [0.4, 0.5) is 5.82 Å². The molecule has 1 N–H and O–H groups in total. The van der Waals surface area contributed by atoms with Crippen LogP contribution in [-0.4, -0.2) is 14.3 Å². The lowest BCUT2D eigenvalue weighted by Gasteiger charge is -2.00. The fourth-order valence-corrected chi connectivity index (χ4v) is 1.74. The highest BCUT2D eigenvalue weighted by molar-refractivity contribution is 7.05. The number of rotatable bonds is 3. The van der Waals surface area contributed by atoms with Crippen molar-refractivity contribution in [3.63, 3.8) is 0 Å². The third-order valence-electron chi connectivity index (χ3n) is 1.68. The molecule has 2 aromatic heterocycles. The second-order valence-electron chi connectivity index (χ2n) is 2.88. The summed E-state index contributed by atoms with van der Waals surface area (Å²) in [6.45, 7) is 2.74. The molecule has 0 fully saturated rings. The van der Waals surface area contributed by atoms with Crippen molar-refractivity contribution in [1.29, 1.82) is 0 Å². The zero-order valence-electron chi connectivity index (χ0n) is 7.77. The molecule has 0 aromatic carbocycles. The topological polar surface area (TPSA) is 50.7 Å². The molecule has 0 aliphatic rings. The first kappa shape index (κ1) is 9.08. The molecule has 0 spiro atoms. The normalized spacial score (nSPS) is 10.1. The van der Waals surface area contributed by atoms with Gasteiger partial charge in [0.1, 0.15) is 5.82 Å². The molecule has 4 nitrogen and oxygen atoms in total. The predicted molar refractivity (Wildman–Crippen MR) is 56.2 cm³/mol. The van der Waals surface area contributed by atoms with E-state index in [2.05, 4.69) is 25.7 Å². The molecule has 0 amide bonds. The maximum Gasteiger partial charge on any atom is 0.144 e. The van der Waals surface area contributed by atoms with E-state index in [0.717, 1.165) is 18.1 Å². The van der Waals surface area contributed by atoms with Crippen LogP contribution in [0.25, 0.3) is 0 Å². The van der Waals surface area contributed by atoms with Gasteiger partial charge in [0.05, 0.1) is 18.4 Å². The van der Waals surface area contributed by atoms with E-state index in [9.17, 15) is 0 Å². The van der Waals surface area contributed by atoms with Crippen molar-refractivity contribution in [2.75, 3.05) is 5.32 Å². The molecule has 0 unspecified atom stereocenters. The van der Waals surface area contributed by atoms with Gasteiger partial charge in [-0.15, -0.1) is 0 Å². The summed E-state index contributed by atoms with van der Waals surface area (Å²) >= 11 is 1.51. The van der Waals surface area contributed by atoms with Crippen LogP contribution in [0.3, 0.4) is 0 Å². The average molecular weight is 206 g/mol. The number of aryl methyl sites for hydroxylation is 1. The zero-order valence-corrected chi connectivity index (χ0v) is 8.58. The summed E-state index contributed by atoms with van der Waals surface area (Å²) in [5.74, 6) is 0.790. The molecule has 0 atom stereocenters. The zero-order chi connectivity index (χ0) is 9.80. The second kappa shape index (κ2) is 4.15. The largest absolute Gasteiger partial charge is 0.364 e. The number of nitrogens with zero attached hydrogens (tertiary/aromatic N) is 3. The summed E-state index contributed by atoms with van der Waals surface area (Å²) in [5.41, 5.74) is 1.06. The van der Waals surface area contributed by atoms with Gasteiger partial charge in [-0.3, -0.25) is 4.98 Å². The molecule has 0 aliphatic carbocycles. The van der Waals surface area contributed by atoms with Crippen molar-refractivity contribution in [2.24, 2.45) is 0 Å². The average Bonchev–Trinajstić information content (AvgIpc) is 2.63. The van der Waals surface area contributed by atoms with Gasteiger partial charge in [0, 0.05) is 17.3 Å². The first-order valence-corrected chi connectivity index (χ1v) is 5.04. The quantitative estimate of drug-likeness (QED) is 0.832. The standard InChI is InChI=1S/C9H10N4S/c1-7-4-8(14-13-7)5-12-9-6-10-2-3-11-9/h2-4,6H,5H2,1H3,(H,11,12). The monoisotopic (exact) mass is 206 g/mol. The van der Waals surface area contributed by atoms with E-state index < -0.39 is 0 Å². The van der Waals surface area contributed by atoms with Crippen molar-refractivity contribution in [3.05, 3.63) is 35.2 Å². The summed E-state index contributed by atoms with van der Waals surface area (Å²) in [7, 11) is 0. The summed E-state index contributed by atoms with van der Waals surface area (Å²) in [5, 5.41) is 3.17. The number of nitrogens with one attached hydrogen (secondary N) is 1. The van der Waals surface area contributed by atoms with Crippen LogP contribution in [0.1, 0.15) is 10.6 Å². The van der Waals surface area contributed by atoms with Gasteiger partial charge < -0.3 is 5.32 Å². The minimum Gasteiger partial charge on any atom is -0.364 e. The molecule has 2 aromatic rings. The number of hydrogen-bond donors (Lipinski definition) is 1.